The first-order chi connectivity index (χ1) is 14.1. The number of carbonyl (C=O) groups excluding carboxylic acids is 2. The summed E-state index contributed by atoms with van der Waals surface area (Å²) >= 11 is 0. The van der Waals surface area contributed by atoms with Gasteiger partial charge < -0.3 is 39.6 Å². The molecule has 3 atom stereocenters. The van der Waals surface area contributed by atoms with Crippen LogP contribution >= 0.6 is 15.2 Å². The Hall–Kier alpha value is -1.37. The van der Waals surface area contributed by atoms with Crippen molar-refractivity contribution >= 4 is 33.0 Å². The van der Waals surface area contributed by atoms with E-state index in [1.54, 1.807) is 0 Å². The fourth-order valence-corrected chi connectivity index (χ4v) is 6.34. The number of rotatable bonds is 9. The molecule has 0 aliphatic carbocycles. The van der Waals surface area contributed by atoms with Gasteiger partial charge in [0, 0.05) is 26.2 Å². The maximum Gasteiger partial charge on any atom is 0.354 e. The Morgan fingerprint density at radius 3 is 1.90 bits per heavy atom. The molecule has 6 N–H and O–H groups in total. The van der Waals surface area contributed by atoms with Gasteiger partial charge >= 0.3 is 21.2 Å². The van der Waals surface area contributed by atoms with Crippen LogP contribution in [-0.4, -0.2) is 102 Å². The predicted molar refractivity (Wildman–Crippen MR) is 104 cm³/mol. The molecule has 31 heavy (non-hydrogen) atoms. The largest absolute Gasteiger partial charge is 0.479 e. The molecule has 2 aliphatic heterocycles. The summed E-state index contributed by atoms with van der Waals surface area (Å²) in [6.45, 7) is 3.12. The number of nitrogens with zero attached hydrogens (tertiary/aromatic N) is 2. The number of ether oxygens (including phenoxy) is 1. The number of carboxylic acid groups (broad SMARTS) is 1. The molecule has 0 radical (unpaired) electrons. The van der Waals surface area contributed by atoms with Crippen molar-refractivity contribution in [2.75, 3.05) is 26.2 Å². The number of hydrogen-bond acceptors (Lipinski definition) is 7. The van der Waals surface area contributed by atoms with Crippen LogP contribution in [0.25, 0.3) is 0 Å². The van der Waals surface area contributed by atoms with Crippen molar-refractivity contribution in [1.82, 2.24) is 15.1 Å². The molecule has 178 valence electrons. The predicted octanol–water partition coefficient (Wildman–Crippen LogP) is -1.85. The Balaban J connectivity index is 2.03. The van der Waals surface area contributed by atoms with Crippen molar-refractivity contribution in [3.63, 3.8) is 0 Å². The minimum atomic E-state index is -5.14. The molecule has 0 unspecified atom stereocenters. The Bertz CT molecular complexity index is 780. The number of piperazine rings is 1. The van der Waals surface area contributed by atoms with Gasteiger partial charge in [-0.25, -0.2) is 4.79 Å². The Morgan fingerprint density at radius 2 is 1.52 bits per heavy atom. The number of amides is 2. The average Bonchev–Trinajstić information content (AvgIpc) is 3.39. The van der Waals surface area contributed by atoms with E-state index in [1.807, 2.05) is 13.8 Å². The van der Waals surface area contributed by atoms with Gasteiger partial charge in [-0.3, -0.25) is 23.6 Å². The monoisotopic (exact) mass is 487 g/mol. The maximum atomic E-state index is 12.9. The summed E-state index contributed by atoms with van der Waals surface area (Å²) in [5.41, 5.74) is -2.29. The molecular weight excluding hydrogens is 460 g/mol. The SMILES string of the molecule is CC(C)C[C@H](NC(=O)[C@H]1O[C@@H]1C(=O)O)C(=O)N1CCN(C(P(=O)(O)O)P(=O)(O)O)CC1. The lowest BCUT2D eigenvalue weighted by Gasteiger charge is -2.40. The molecule has 0 aromatic carbocycles. The van der Waals surface area contributed by atoms with Gasteiger partial charge in [-0.2, -0.15) is 0 Å². The fraction of sp³-hybridized carbons (Fsp3) is 0.800. The van der Waals surface area contributed by atoms with E-state index in [2.05, 4.69) is 5.32 Å². The Labute approximate surface area is 177 Å². The van der Waals surface area contributed by atoms with Crippen molar-refractivity contribution in [2.45, 2.75) is 44.0 Å². The third kappa shape index (κ3) is 6.80. The van der Waals surface area contributed by atoms with Crippen LogP contribution in [0.5, 0.6) is 0 Å². The van der Waals surface area contributed by atoms with E-state index in [1.165, 1.54) is 4.90 Å². The quantitative estimate of drug-likeness (QED) is 0.156. The second-order valence-corrected chi connectivity index (χ2v) is 11.6. The molecule has 0 aromatic heterocycles. The summed E-state index contributed by atoms with van der Waals surface area (Å²) in [5.74, 6) is -2.50. The summed E-state index contributed by atoms with van der Waals surface area (Å²) in [6, 6.07) is -0.975. The first kappa shape index (κ1) is 25.9. The highest BCUT2D eigenvalue weighted by Crippen LogP contribution is 2.61. The molecule has 0 bridgehead atoms. The molecule has 0 spiro atoms. The summed E-state index contributed by atoms with van der Waals surface area (Å²) in [7, 11) is -10.3. The highest BCUT2D eigenvalue weighted by Gasteiger charge is 2.52. The lowest BCUT2D eigenvalue weighted by Crippen LogP contribution is -2.57. The van der Waals surface area contributed by atoms with Crippen molar-refractivity contribution in [2.24, 2.45) is 5.92 Å². The molecule has 2 saturated heterocycles. The summed E-state index contributed by atoms with van der Waals surface area (Å²) in [6.07, 6.45) is -2.18. The van der Waals surface area contributed by atoms with Crippen LogP contribution in [0.15, 0.2) is 0 Å². The van der Waals surface area contributed by atoms with Crippen LogP contribution in [-0.2, 0) is 28.3 Å². The van der Waals surface area contributed by atoms with Crippen LogP contribution in [0.2, 0.25) is 0 Å². The average molecular weight is 487 g/mol. The molecule has 2 aliphatic rings. The number of epoxide rings is 1. The maximum absolute atomic E-state index is 12.9. The number of nitrogens with one attached hydrogen (secondary N) is 1. The van der Waals surface area contributed by atoms with Crippen molar-refractivity contribution in [1.29, 1.82) is 0 Å². The first-order valence-corrected chi connectivity index (χ1v) is 12.8. The molecule has 0 aromatic rings. The number of carbonyl (C=O) groups is 3. The molecule has 2 fully saturated rings. The Kier molecular flexibility index (Phi) is 8.05. The van der Waals surface area contributed by atoms with Gasteiger partial charge in [0.05, 0.1) is 0 Å². The third-order valence-corrected chi connectivity index (χ3v) is 8.53. The van der Waals surface area contributed by atoms with Gasteiger partial charge in [-0.1, -0.05) is 13.8 Å². The van der Waals surface area contributed by atoms with Gasteiger partial charge in [-0.15, -0.1) is 0 Å². The van der Waals surface area contributed by atoms with E-state index < -0.39 is 56.7 Å². The molecule has 2 heterocycles. The van der Waals surface area contributed by atoms with Crippen molar-refractivity contribution < 1.29 is 52.9 Å². The zero-order valence-electron chi connectivity index (χ0n) is 16.9. The lowest BCUT2D eigenvalue weighted by atomic mass is 10.0. The molecular formula is C15H27N3O11P2. The third-order valence-electron chi connectivity index (χ3n) is 4.87. The van der Waals surface area contributed by atoms with Crippen molar-refractivity contribution in [3.8, 4) is 0 Å². The van der Waals surface area contributed by atoms with Crippen LogP contribution < -0.4 is 5.32 Å². The Morgan fingerprint density at radius 1 is 1.00 bits per heavy atom. The van der Waals surface area contributed by atoms with Crippen LogP contribution in [0.3, 0.4) is 0 Å². The van der Waals surface area contributed by atoms with Crippen LogP contribution in [0.1, 0.15) is 20.3 Å². The van der Waals surface area contributed by atoms with E-state index in [4.69, 9.17) is 9.84 Å². The number of hydrogen-bond donors (Lipinski definition) is 6. The number of aliphatic carboxylic acids is 1. The topological polar surface area (TPSA) is 218 Å². The zero-order valence-corrected chi connectivity index (χ0v) is 18.7. The van der Waals surface area contributed by atoms with Gasteiger partial charge in [0.2, 0.25) is 11.4 Å². The van der Waals surface area contributed by atoms with E-state index in [9.17, 15) is 43.1 Å². The molecule has 14 nitrogen and oxygen atoms in total. The summed E-state index contributed by atoms with van der Waals surface area (Å²) in [5, 5.41) is 11.3. The van der Waals surface area contributed by atoms with Crippen LogP contribution in [0, 0.1) is 5.92 Å². The smallest absolute Gasteiger partial charge is 0.354 e. The van der Waals surface area contributed by atoms with Gasteiger partial charge in [0.15, 0.2) is 12.2 Å². The minimum absolute atomic E-state index is 0.000346. The summed E-state index contributed by atoms with van der Waals surface area (Å²) in [4.78, 5) is 75.6. The van der Waals surface area contributed by atoms with Gasteiger partial charge in [0.25, 0.3) is 5.91 Å². The van der Waals surface area contributed by atoms with Gasteiger partial charge in [-0.05, 0) is 12.3 Å². The molecule has 2 amide bonds. The van der Waals surface area contributed by atoms with E-state index in [0.717, 1.165) is 4.90 Å². The summed E-state index contributed by atoms with van der Waals surface area (Å²) < 4.78 is 27.9. The lowest BCUT2D eigenvalue weighted by molar-refractivity contribution is -0.138. The minimum Gasteiger partial charge on any atom is -0.479 e. The second-order valence-electron chi connectivity index (χ2n) is 7.89. The van der Waals surface area contributed by atoms with Crippen LogP contribution in [0.4, 0.5) is 0 Å². The fourth-order valence-electron chi connectivity index (χ4n) is 3.46. The van der Waals surface area contributed by atoms with Crippen molar-refractivity contribution in [3.05, 3.63) is 0 Å². The highest BCUT2D eigenvalue weighted by molar-refractivity contribution is 7.70. The first-order valence-electron chi connectivity index (χ1n) is 9.44. The molecule has 16 heteroatoms. The zero-order chi connectivity index (χ0) is 23.7. The van der Waals surface area contributed by atoms with E-state index >= 15 is 0 Å². The van der Waals surface area contributed by atoms with Gasteiger partial charge in [0.1, 0.15) is 6.04 Å². The number of carboxylic acids is 1. The normalized spacial score (nSPS) is 23.7. The second kappa shape index (κ2) is 9.63. The van der Waals surface area contributed by atoms with E-state index in [-0.39, 0.29) is 38.5 Å². The molecule has 2 rings (SSSR count). The standard InChI is InChI=1S/C15H27N3O11P2/c1-8(2)7-9(16-12(19)10-11(29-10)14(21)22)13(20)17-3-5-18(6-4-17)15(30(23,24)25)31(26,27)28/h8-11,15H,3-7H2,1-2H3,(H,16,19)(H,21,22)(H2,23,24,25)(H2,26,27,28)/t9-,10-,11-/m0/s1. The van der Waals surface area contributed by atoms with E-state index in [0.29, 0.717) is 0 Å². The molecule has 0 saturated carbocycles. The highest BCUT2D eigenvalue weighted by atomic mass is 31.2.